The normalized spacial score (nSPS) is 15.0. The lowest BCUT2D eigenvalue weighted by Gasteiger charge is -2.19. The lowest BCUT2D eigenvalue weighted by molar-refractivity contribution is 0.0743. The highest BCUT2D eigenvalue weighted by atomic mass is 16.3. The Labute approximate surface area is 88.6 Å². The van der Waals surface area contributed by atoms with E-state index in [9.17, 15) is 9.90 Å². The SMILES string of the molecule is CCN(C(=O)c1ncccc1O)C1CC1. The van der Waals surface area contributed by atoms with E-state index < -0.39 is 0 Å². The van der Waals surface area contributed by atoms with Crippen LogP contribution in [-0.4, -0.2) is 33.5 Å². The van der Waals surface area contributed by atoms with E-state index in [4.69, 9.17) is 0 Å². The van der Waals surface area contributed by atoms with E-state index >= 15 is 0 Å². The lowest BCUT2D eigenvalue weighted by Crippen LogP contribution is -2.33. The Morgan fingerprint density at radius 1 is 1.67 bits per heavy atom. The molecule has 4 nitrogen and oxygen atoms in total. The molecule has 0 atom stereocenters. The number of pyridine rings is 1. The van der Waals surface area contributed by atoms with Gasteiger partial charge in [0.2, 0.25) is 0 Å². The standard InChI is InChI=1S/C11H14N2O2/c1-2-13(8-5-6-8)11(15)10-9(14)4-3-7-12-10/h3-4,7-8,14H,2,5-6H2,1H3. The predicted octanol–water partition coefficient (Wildman–Crippen LogP) is 1.41. The van der Waals surface area contributed by atoms with E-state index in [1.165, 1.54) is 12.3 Å². The highest BCUT2D eigenvalue weighted by Gasteiger charge is 2.33. The van der Waals surface area contributed by atoms with E-state index in [1.807, 2.05) is 6.92 Å². The average Bonchev–Trinajstić information content (AvgIpc) is 3.03. The van der Waals surface area contributed by atoms with Crippen LogP contribution < -0.4 is 0 Å². The van der Waals surface area contributed by atoms with Crippen molar-refractivity contribution in [3.63, 3.8) is 0 Å². The van der Waals surface area contributed by atoms with E-state index in [0.29, 0.717) is 12.6 Å². The molecule has 15 heavy (non-hydrogen) atoms. The maximum absolute atomic E-state index is 12.0. The number of hydrogen-bond acceptors (Lipinski definition) is 3. The highest BCUT2D eigenvalue weighted by molar-refractivity contribution is 5.95. The highest BCUT2D eigenvalue weighted by Crippen LogP contribution is 2.28. The van der Waals surface area contributed by atoms with Crippen LogP contribution in [0.4, 0.5) is 0 Å². The molecule has 1 N–H and O–H groups in total. The number of carbonyl (C=O) groups is 1. The summed E-state index contributed by atoms with van der Waals surface area (Å²) in [6.07, 6.45) is 3.65. The average molecular weight is 206 g/mol. The zero-order chi connectivity index (χ0) is 10.8. The van der Waals surface area contributed by atoms with Gasteiger partial charge in [0.05, 0.1) is 0 Å². The fourth-order valence-corrected chi connectivity index (χ4v) is 1.65. The van der Waals surface area contributed by atoms with Crippen LogP contribution in [0.3, 0.4) is 0 Å². The maximum Gasteiger partial charge on any atom is 0.276 e. The van der Waals surface area contributed by atoms with Crippen LogP contribution in [0.1, 0.15) is 30.3 Å². The Morgan fingerprint density at radius 3 is 2.93 bits per heavy atom. The molecule has 1 aliphatic rings. The van der Waals surface area contributed by atoms with Crippen molar-refractivity contribution < 1.29 is 9.90 Å². The summed E-state index contributed by atoms with van der Waals surface area (Å²) >= 11 is 0. The van der Waals surface area contributed by atoms with E-state index in [0.717, 1.165) is 12.8 Å². The third-order valence-corrected chi connectivity index (χ3v) is 2.58. The van der Waals surface area contributed by atoms with Crippen LogP contribution in [0.5, 0.6) is 5.75 Å². The van der Waals surface area contributed by atoms with Gasteiger partial charge in [-0.25, -0.2) is 4.98 Å². The predicted molar refractivity (Wildman–Crippen MR) is 55.6 cm³/mol. The number of aromatic nitrogens is 1. The van der Waals surface area contributed by atoms with Crippen molar-refractivity contribution in [1.82, 2.24) is 9.88 Å². The van der Waals surface area contributed by atoms with E-state index in [-0.39, 0.29) is 17.4 Å². The van der Waals surface area contributed by atoms with Crippen molar-refractivity contribution in [2.45, 2.75) is 25.8 Å². The summed E-state index contributed by atoms with van der Waals surface area (Å²) in [5, 5.41) is 9.52. The Bertz CT molecular complexity index is 375. The third-order valence-electron chi connectivity index (χ3n) is 2.58. The minimum atomic E-state index is -0.168. The van der Waals surface area contributed by atoms with Gasteiger partial charge < -0.3 is 10.0 Å². The zero-order valence-electron chi connectivity index (χ0n) is 8.68. The van der Waals surface area contributed by atoms with Crippen molar-refractivity contribution in [3.05, 3.63) is 24.0 Å². The topological polar surface area (TPSA) is 53.4 Å². The second-order valence-corrected chi connectivity index (χ2v) is 3.69. The van der Waals surface area contributed by atoms with Crippen molar-refractivity contribution in [1.29, 1.82) is 0 Å². The lowest BCUT2D eigenvalue weighted by atomic mass is 10.3. The first-order chi connectivity index (χ1) is 7.24. The minimum absolute atomic E-state index is 0.0402. The number of nitrogens with zero attached hydrogens (tertiary/aromatic N) is 2. The molecule has 2 rings (SSSR count). The first-order valence-electron chi connectivity index (χ1n) is 5.19. The molecule has 1 amide bonds. The third kappa shape index (κ3) is 1.93. The molecular weight excluding hydrogens is 192 g/mol. The summed E-state index contributed by atoms with van der Waals surface area (Å²) < 4.78 is 0. The van der Waals surface area contributed by atoms with Crippen molar-refractivity contribution >= 4 is 5.91 Å². The second-order valence-electron chi connectivity index (χ2n) is 3.69. The maximum atomic E-state index is 12.0. The molecule has 0 aliphatic heterocycles. The monoisotopic (exact) mass is 206 g/mol. The zero-order valence-corrected chi connectivity index (χ0v) is 8.68. The Morgan fingerprint density at radius 2 is 2.40 bits per heavy atom. The van der Waals surface area contributed by atoms with Crippen LogP contribution in [0.15, 0.2) is 18.3 Å². The van der Waals surface area contributed by atoms with Crippen molar-refractivity contribution in [2.24, 2.45) is 0 Å². The van der Waals surface area contributed by atoms with Crippen molar-refractivity contribution in [3.8, 4) is 5.75 Å². The van der Waals surface area contributed by atoms with Crippen LogP contribution in [0, 0.1) is 0 Å². The molecule has 1 aromatic heterocycles. The largest absolute Gasteiger partial charge is 0.505 e. The van der Waals surface area contributed by atoms with Gasteiger partial charge in [0.1, 0.15) is 5.75 Å². The molecule has 0 saturated heterocycles. The molecule has 80 valence electrons. The smallest absolute Gasteiger partial charge is 0.276 e. The molecule has 0 bridgehead atoms. The number of carbonyl (C=O) groups excluding carboxylic acids is 1. The van der Waals surface area contributed by atoms with Crippen LogP contribution in [0.2, 0.25) is 0 Å². The fraction of sp³-hybridized carbons (Fsp3) is 0.455. The van der Waals surface area contributed by atoms with Crippen molar-refractivity contribution in [2.75, 3.05) is 6.54 Å². The van der Waals surface area contributed by atoms with Gasteiger partial charge in [-0.05, 0) is 31.9 Å². The minimum Gasteiger partial charge on any atom is -0.505 e. The molecule has 0 radical (unpaired) electrons. The molecule has 1 aliphatic carbocycles. The first kappa shape index (κ1) is 9.96. The van der Waals surface area contributed by atoms with Gasteiger partial charge in [-0.15, -0.1) is 0 Å². The van der Waals surface area contributed by atoms with E-state index in [2.05, 4.69) is 4.98 Å². The summed E-state index contributed by atoms with van der Waals surface area (Å²) in [5.41, 5.74) is 0.159. The summed E-state index contributed by atoms with van der Waals surface area (Å²) in [6.45, 7) is 2.61. The van der Waals surface area contributed by atoms with Crippen LogP contribution >= 0.6 is 0 Å². The summed E-state index contributed by atoms with van der Waals surface area (Å²) in [4.78, 5) is 17.7. The number of hydrogen-bond donors (Lipinski definition) is 1. The quantitative estimate of drug-likeness (QED) is 0.813. The molecule has 0 unspecified atom stereocenters. The molecular formula is C11H14N2O2. The van der Waals surface area contributed by atoms with Gasteiger partial charge >= 0.3 is 0 Å². The molecule has 4 heteroatoms. The number of aromatic hydroxyl groups is 1. The summed E-state index contributed by atoms with van der Waals surface area (Å²) in [5.74, 6) is -0.209. The molecule has 1 heterocycles. The molecule has 1 saturated carbocycles. The van der Waals surface area contributed by atoms with Crippen LogP contribution in [-0.2, 0) is 0 Å². The Balaban J connectivity index is 2.22. The Kier molecular flexibility index (Phi) is 2.58. The van der Waals surface area contributed by atoms with Gasteiger partial charge in [-0.2, -0.15) is 0 Å². The number of amides is 1. The summed E-state index contributed by atoms with van der Waals surface area (Å²) in [7, 11) is 0. The van der Waals surface area contributed by atoms with Gasteiger partial charge in [0, 0.05) is 18.8 Å². The molecule has 0 spiro atoms. The van der Waals surface area contributed by atoms with E-state index in [1.54, 1.807) is 11.0 Å². The molecule has 1 aromatic rings. The number of rotatable bonds is 3. The summed E-state index contributed by atoms with van der Waals surface area (Å²) in [6, 6.07) is 3.45. The van der Waals surface area contributed by atoms with Gasteiger partial charge in [0.15, 0.2) is 5.69 Å². The first-order valence-corrected chi connectivity index (χ1v) is 5.19. The van der Waals surface area contributed by atoms with Crippen LogP contribution in [0.25, 0.3) is 0 Å². The second kappa shape index (κ2) is 3.88. The molecule has 1 fully saturated rings. The fourth-order valence-electron chi connectivity index (χ4n) is 1.65. The van der Waals surface area contributed by atoms with Gasteiger partial charge in [-0.1, -0.05) is 0 Å². The van der Waals surface area contributed by atoms with Gasteiger partial charge in [0.25, 0.3) is 5.91 Å². The Hall–Kier alpha value is -1.58. The van der Waals surface area contributed by atoms with Gasteiger partial charge in [-0.3, -0.25) is 4.79 Å². The molecule has 0 aromatic carbocycles.